The lowest BCUT2D eigenvalue weighted by atomic mass is 9.84. The van der Waals surface area contributed by atoms with Gasteiger partial charge in [0, 0.05) is 10.8 Å². The maximum Gasteiger partial charge on any atom is 0.00300 e. The SMILES string of the molecule is c1ccc([C@@]23C[C@@H]2CC24c5ccccc5CCC[C@H]2[C@H]43)cc1. The van der Waals surface area contributed by atoms with E-state index in [0.717, 1.165) is 17.8 Å². The first-order chi connectivity index (χ1) is 10.9. The minimum absolute atomic E-state index is 0.552. The Balaban J connectivity index is 1.52. The zero-order chi connectivity index (χ0) is 14.4. The summed E-state index contributed by atoms with van der Waals surface area (Å²) in [5, 5.41) is 0. The van der Waals surface area contributed by atoms with Gasteiger partial charge < -0.3 is 0 Å². The summed E-state index contributed by atoms with van der Waals surface area (Å²) in [4.78, 5) is 0. The molecule has 5 atom stereocenters. The van der Waals surface area contributed by atoms with E-state index in [-0.39, 0.29) is 0 Å². The fraction of sp³-hybridized carbons (Fsp3) is 0.455. The average molecular weight is 286 g/mol. The van der Waals surface area contributed by atoms with Crippen LogP contribution in [0.3, 0.4) is 0 Å². The van der Waals surface area contributed by atoms with Crippen LogP contribution < -0.4 is 0 Å². The number of hydrogen-bond donors (Lipinski definition) is 0. The van der Waals surface area contributed by atoms with E-state index in [2.05, 4.69) is 54.6 Å². The third-order valence-electron chi connectivity index (χ3n) is 7.59. The Hall–Kier alpha value is -1.56. The van der Waals surface area contributed by atoms with Crippen LogP contribution in [0.1, 0.15) is 42.4 Å². The Kier molecular flexibility index (Phi) is 1.99. The molecular weight excluding hydrogens is 264 g/mol. The van der Waals surface area contributed by atoms with Gasteiger partial charge in [-0.1, -0.05) is 54.6 Å². The Labute approximate surface area is 132 Å². The Morgan fingerprint density at radius 3 is 2.50 bits per heavy atom. The van der Waals surface area contributed by atoms with E-state index >= 15 is 0 Å². The summed E-state index contributed by atoms with van der Waals surface area (Å²) in [5.41, 5.74) is 6.16. The number of hydrogen-bond acceptors (Lipinski definition) is 0. The fourth-order valence-electron chi connectivity index (χ4n) is 6.90. The minimum Gasteiger partial charge on any atom is -0.0622 e. The molecule has 3 saturated carbocycles. The average Bonchev–Trinajstić information content (AvgIpc) is 3.43. The topological polar surface area (TPSA) is 0 Å². The summed E-state index contributed by atoms with van der Waals surface area (Å²) >= 11 is 0. The molecular formula is C22H22. The summed E-state index contributed by atoms with van der Waals surface area (Å²) in [7, 11) is 0. The Bertz CT molecular complexity index is 761. The molecule has 0 radical (unpaired) electrons. The maximum atomic E-state index is 2.47. The molecule has 22 heavy (non-hydrogen) atoms. The zero-order valence-electron chi connectivity index (χ0n) is 13.0. The standard InChI is InChI=1S/C22H22/c1-2-9-16(10-3-1)21-13-17(21)14-22-18-11-5-4-7-15(18)8-6-12-19(22)20(21)22/h1-5,7,9-11,17,19-20H,6,8,12-14H2/t17-,19+,20+,21+,22?/m1/s1. The van der Waals surface area contributed by atoms with Gasteiger partial charge in [0.15, 0.2) is 0 Å². The van der Waals surface area contributed by atoms with E-state index < -0.39 is 0 Å². The van der Waals surface area contributed by atoms with Crippen LogP contribution in [0.2, 0.25) is 0 Å². The van der Waals surface area contributed by atoms with Gasteiger partial charge in [-0.3, -0.25) is 0 Å². The predicted octanol–water partition coefficient (Wildman–Crippen LogP) is 4.87. The first-order valence-corrected chi connectivity index (χ1v) is 9.01. The quantitative estimate of drug-likeness (QED) is 0.701. The van der Waals surface area contributed by atoms with Crippen molar-refractivity contribution in [3.8, 4) is 0 Å². The van der Waals surface area contributed by atoms with E-state index in [4.69, 9.17) is 0 Å². The maximum absolute atomic E-state index is 2.47. The molecule has 4 aliphatic carbocycles. The molecule has 1 spiro atoms. The molecule has 3 fully saturated rings. The van der Waals surface area contributed by atoms with Gasteiger partial charge in [0.1, 0.15) is 0 Å². The monoisotopic (exact) mass is 286 g/mol. The second-order valence-corrected chi connectivity index (χ2v) is 8.19. The Morgan fingerprint density at radius 1 is 0.818 bits per heavy atom. The molecule has 0 amide bonds. The summed E-state index contributed by atoms with van der Waals surface area (Å²) in [6, 6.07) is 20.9. The van der Waals surface area contributed by atoms with Gasteiger partial charge in [-0.05, 0) is 66.5 Å². The molecule has 2 aromatic rings. The van der Waals surface area contributed by atoms with Crippen LogP contribution in [0, 0.1) is 17.8 Å². The van der Waals surface area contributed by atoms with Crippen molar-refractivity contribution in [3.63, 3.8) is 0 Å². The lowest BCUT2D eigenvalue weighted by Crippen LogP contribution is -2.14. The van der Waals surface area contributed by atoms with Crippen LogP contribution in [0.25, 0.3) is 0 Å². The molecule has 0 heteroatoms. The summed E-state index contributed by atoms with van der Waals surface area (Å²) in [6.07, 6.45) is 7.09. The van der Waals surface area contributed by atoms with Crippen LogP contribution in [-0.2, 0) is 17.3 Å². The van der Waals surface area contributed by atoms with Crippen molar-refractivity contribution in [2.24, 2.45) is 17.8 Å². The van der Waals surface area contributed by atoms with Crippen LogP contribution in [0.15, 0.2) is 54.6 Å². The van der Waals surface area contributed by atoms with E-state index in [9.17, 15) is 0 Å². The van der Waals surface area contributed by atoms with E-state index in [1.807, 2.05) is 0 Å². The van der Waals surface area contributed by atoms with Crippen LogP contribution >= 0.6 is 0 Å². The molecule has 4 aliphatic rings. The molecule has 1 unspecified atom stereocenters. The van der Waals surface area contributed by atoms with Gasteiger partial charge in [0.2, 0.25) is 0 Å². The Morgan fingerprint density at radius 2 is 1.59 bits per heavy atom. The summed E-state index contributed by atoms with van der Waals surface area (Å²) in [5.74, 6) is 2.87. The highest BCUT2D eigenvalue weighted by atomic mass is 14.9. The molecule has 0 nitrogen and oxygen atoms in total. The molecule has 0 aromatic heterocycles. The zero-order valence-corrected chi connectivity index (χ0v) is 13.0. The highest BCUT2D eigenvalue weighted by molar-refractivity contribution is 5.55. The number of aryl methyl sites for hydroxylation is 1. The van der Waals surface area contributed by atoms with Gasteiger partial charge in [-0.25, -0.2) is 0 Å². The van der Waals surface area contributed by atoms with Crippen molar-refractivity contribution in [2.45, 2.75) is 42.9 Å². The molecule has 0 heterocycles. The van der Waals surface area contributed by atoms with Gasteiger partial charge in [-0.15, -0.1) is 0 Å². The van der Waals surface area contributed by atoms with Gasteiger partial charge in [-0.2, -0.15) is 0 Å². The van der Waals surface area contributed by atoms with Crippen molar-refractivity contribution in [2.75, 3.05) is 0 Å². The molecule has 6 rings (SSSR count). The predicted molar refractivity (Wildman–Crippen MR) is 88.9 cm³/mol. The highest BCUT2D eigenvalue weighted by Gasteiger charge is 2.84. The van der Waals surface area contributed by atoms with Crippen LogP contribution in [-0.4, -0.2) is 0 Å². The lowest BCUT2D eigenvalue weighted by molar-refractivity contribution is 0.478. The summed E-state index contributed by atoms with van der Waals surface area (Å²) in [6.45, 7) is 0. The third kappa shape index (κ3) is 1.16. The highest BCUT2D eigenvalue weighted by Crippen LogP contribution is 2.87. The fourth-order valence-corrected chi connectivity index (χ4v) is 6.90. The normalized spacial score (nSPS) is 43.4. The van der Waals surface area contributed by atoms with E-state index in [0.29, 0.717) is 10.8 Å². The van der Waals surface area contributed by atoms with Crippen molar-refractivity contribution in [1.29, 1.82) is 0 Å². The molecule has 0 aliphatic heterocycles. The second-order valence-electron chi connectivity index (χ2n) is 8.19. The molecule has 2 aromatic carbocycles. The largest absolute Gasteiger partial charge is 0.0622 e. The number of benzene rings is 2. The number of fused-ring (bicyclic) bond motifs is 4. The molecule has 0 N–H and O–H groups in total. The third-order valence-corrected chi connectivity index (χ3v) is 7.59. The van der Waals surface area contributed by atoms with Crippen LogP contribution in [0.5, 0.6) is 0 Å². The van der Waals surface area contributed by atoms with Gasteiger partial charge in [0.05, 0.1) is 0 Å². The van der Waals surface area contributed by atoms with Gasteiger partial charge in [0.25, 0.3) is 0 Å². The van der Waals surface area contributed by atoms with Crippen molar-refractivity contribution >= 4 is 0 Å². The van der Waals surface area contributed by atoms with Crippen molar-refractivity contribution in [3.05, 3.63) is 71.3 Å². The van der Waals surface area contributed by atoms with Crippen molar-refractivity contribution < 1.29 is 0 Å². The smallest absolute Gasteiger partial charge is 0.00300 e. The van der Waals surface area contributed by atoms with Crippen molar-refractivity contribution in [1.82, 2.24) is 0 Å². The van der Waals surface area contributed by atoms with E-state index in [1.165, 1.54) is 32.1 Å². The first kappa shape index (κ1) is 11.9. The van der Waals surface area contributed by atoms with E-state index in [1.54, 1.807) is 16.7 Å². The molecule has 110 valence electrons. The lowest BCUT2D eigenvalue weighted by Gasteiger charge is -2.19. The molecule has 0 saturated heterocycles. The van der Waals surface area contributed by atoms with Gasteiger partial charge >= 0.3 is 0 Å². The number of rotatable bonds is 1. The molecule has 0 bridgehead atoms. The van der Waals surface area contributed by atoms with Crippen LogP contribution in [0.4, 0.5) is 0 Å². The first-order valence-electron chi connectivity index (χ1n) is 9.01. The second kappa shape index (κ2) is 3.67. The summed E-state index contributed by atoms with van der Waals surface area (Å²) < 4.78 is 0. The minimum atomic E-state index is 0.552.